The minimum atomic E-state index is -0.0887. The Balaban J connectivity index is 1.87. The Hall–Kier alpha value is -2.30. The predicted molar refractivity (Wildman–Crippen MR) is 95.5 cm³/mol. The van der Waals surface area contributed by atoms with Crippen LogP contribution in [0.2, 0.25) is 0 Å². The van der Waals surface area contributed by atoms with Crippen molar-refractivity contribution in [3.8, 4) is 5.69 Å². The van der Waals surface area contributed by atoms with Crippen LogP contribution < -0.4 is 10.6 Å². The van der Waals surface area contributed by atoms with Gasteiger partial charge in [0.1, 0.15) is 0 Å². The van der Waals surface area contributed by atoms with E-state index < -0.39 is 0 Å². The van der Waals surface area contributed by atoms with Gasteiger partial charge < -0.3 is 10.6 Å². The maximum Gasteiger partial charge on any atom is 0.315 e. The molecule has 3 rings (SSSR count). The Morgan fingerprint density at radius 3 is 3.00 bits per heavy atom. The van der Waals surface area contributed by atoms with Crippen molar-refractivity contribution in [3.05, 3.63) is 46.8 Å². The Bertz CT molecular complexity index is 735. The van der Waals surface area contributed by atoms with Crippen LogP contribution in [0.5, 0.6) is 0 Å². The van der Waals surface area contributed by atoms with Crippen LogP contribution in [-0.2, 0) is 6.42 Å². The highest BCUT2D eigenvalue weighted by Crippen LogP contribution is 2.32. The van der Waals surface area contributed by atoms with Gasteiger partial charge >= 0.3 is 6.03 Å². The molecule has 24 heavy (non-hydrogen) atoms. The van der Waals surface area contributed by atoms with Crippen molar-refractivity contribution in [2.24, 2.45) is 0 Å². The first-order valence-corrected chi connectivity index (χ1v) is 8.79. The number of amides is 2. The van der Waals surface area contributed by atoms with Crippen LogP contribution in [0, 0.1) is 13.8 Å². The zero-order valence-corrected chi connectivity index (χ0v) is 14.7. The molecule has 2 amide bonds. The molecule has 5 heteroatoms. The zero-order chi connectivity index (χ0) is 17.1. The second kappa shape index (κ2) is 7.07. The normalized spacial score (nSPS) is 16.5. The Kier molecular flexibility index (Phi) is 4.88. The van der Waals surface area contributed by atoms with Crippen molar-refractivity contribution in [2.75, 3.05) is 6.54 Å². The molecule has 5 nitrogen and oxygen atoms in total. The van der Waals surface area contributed by atoms with Crippen molar-refractivity contribution in [1.82, 2.24) is 20.4 Å². The Morgan fingerprint density at radius 2 is 2.21 bits per heavy atom. The summed E-state index contributed by atoms with van der Waals surface area (Å²) in [6.07, 6.45) is 5.87. The zero-order valence-electron chi connectivity index (χ0n) is 14.7. The van der Waals surface area contributed by atoms with Gasteiger partial charge in [-0.2, -0.15) is 5.10 Å². The molecule has 1 aliphatic carbocycles. The van der Waals surface area contributed by atoms with Gasteiger partial charge in [-0.3, -0.25) is 0 Å². The third-order valence-electron chi connectivity index (χ3n) is 4.83. The fourth-order valence-electron chi connectivity index (χ4n) is 3.33. The van der Waals surface area contributed by atoms with Crippen LogP contribution >= 0.6 is 0 Å². The number of benzene rings is 1. The van der Waals surface area contributed by atoms with E-state index in [0.717, 1.165) is 36.9 Å². The maximum atomic E-state index is 12.0. The number of rotatable bonds is 4. The average molecular weight is 326 g/mol. The summed E-state index contributed by atoms with van der Waals surface area (Å²) in [5.74, 6) is 0. The number of fused-ring (bicyclic) bond motifs is 1. The Morgan fingerprint density at radius 1 is 1.38 bits per heavy atom. The summed E-state index contributed by atoms with van der Waals surface area (Å²) < 4.78 is 2.05. The molecule has 128 valence electrons. The molecule has 0 unspecified atom stereocenters. The van der Waals surface area contributed by atoms with Crippen molar-refractivity contribution < 1.29 is 4.79 Å². The van der Waals surface area contributed by atoms with Gasteiger partial charge in [0.05, 0.1) is 17.9 Å². The molecule has 1 aromatic carbocycles. The van der Waals surface area contributed by atoms with Crippen LogP contribution in [0.4, 0.5) is 4.79 Å². The lowest BCUT2D eigenvalue weighted by Crippen LogP contribution is -2.39. The highest BCUT2D eigenvalue weighted by molar-refractivity contribution is 5.74. The number of aromatic nitrogens is 2. The highest BCUT2D eigenvalue weighted by Gasteiger charge is 2.26. The molecule has 0 radical (unpaired) electrons. The van der Waals surface area contributed by atoms with Gasteiger partial charge in [0, 0.05) is 17.8 Å². The molecule has 2 N–H and O–H groups in total. The fraction of sp³-hybridized carbons (Fsp3) is 0.474. The van der Waals surface area contributed by atoms with Crippen LogP contribution in [0.3, 0.4) is 0 Å². The molecular weight excluding hydrogens is 300 g/mol. The molecule has 0 spiro atoms. The van der Waals surface area contributed by atoms with Crippen LogP contribution in [0.1, 0.15) is 54.6 Å². The van der Waals surface area contributed by atoms with E-state index in [-0.39, 0.29) is 12.1 Å². The van der Waals surface area contributed by atoms with E-state index in [2.05, 4.69) is 52.5 Å². The summed E-state index contributed by atoms with van der Waals surface area (Å²) >= 11 is 0. The van der Waals surface area contributed by atoms with E-state index in [1.807, 2.05) is 13.1 Å². The standard InChI is InChI=1S/C19H26N4O/c1-4-11-20-19(24)22-16-8-6-10-18-15(16)12-21-23(18)17-9-5-7-13(2)14(17)3/h5,7,9,12,16H,4,6,8,10-11H2,1-3H3,(H2,20,22,24)/t16-/m1/s1. The highest BCUT2D eigenvalue weighted by atomic mass is 16.2. The van der Waals surface area contributed by atoms with E-state index in [4.69, 9.17) is 0 Å². The maximum absolute atomic E-state index is 12.0. The third-order valence-corrected chi connectivity index (χ3v) is 4.83. The summed E-state index contributed by atoms with van der Waals surface area (Å²) in [5.41, 5.74) is 6.01. The van der Waals surface area contributed by atoms with Crippen molar-refractivity contribution >= 4 is 6.03 Å². The first kappa shape index (κ1) is 16.6. The topological polar surface area (TPSA) is 59.0 Å². The van der Waals surface area contributed by atoms with Crippen LogP contribution in [-0.4, -0.2) is 22.4 Å². The molecule has 0 aliphatic heterocycles. The van der Waals surface area contributed by atoms with Gasteiger partial charge in [0.15, 0.2) is 0 Å². The summed E-state index contributed by atoms with van der Waals surface area (Å²) in [6, 6.07) is 6.26. The van der Waals surface area contributed by atoms with Gasteiger partial charge in [-0.05, 0) is 56.7 Å². The minimum Gasteiger partial charge on any atom is -0.338 e. The number of urea groups is 1. The summed E-state index contributed by atoms with van der Waals surface area (Å²) in [6.45, 7) is 7.01. The largest absolute Gasteiger partial charge is 0.338 e. The van der Waals surface area contributed by atoms with Crippen molar-refractivity contribution in [1.29, 1.82) is 0 Å². The van der Waals surface area contributed by atoms with Gasteiger partial charge in [-0.15, -0.1) is 0 Å². The van der Waals surface area contributed by atoms with Gasteiger partial charge in [0.25, 0.3) is 0 Å². The van der Waals surface area contributed by atoms with E-state index in [1.165, 1.54) is 16.8 Å². The third kappa shape index (κ3) is 3.16. The number of hydrogen-bond donors (Lipinski definition) is 2. The monoisotopic (exact) mass is 326 g/mol. The smallest absolute Gasteiger partial charge is 0.315 e. The molecule has 0 saturated heterocycles. The Labute approximate surface area is 143 Å². The first-order valence-electron chi connectivity index (χ1n) is 8.79. The van der Waals surface area contributed by atoms with Crippen molar-refractivity contribution in [2.45, 2.75) is 52.5 Å². The molecule has 0 bridgehead atoms. The molecule has 1 heterocycles. The molecule has 1 atom stereocenters. The summed E-state index contributed by atoms with van der Waals surface area (Å²) in [7, 11) is 0. The molecule has 0 fully saturated rings. The minimum absolute atomic E-state index is 0.0458. The summed E-state index contributed by atoms with van der Waals surface area (Å²) in [4.78, 5) is 12.0. The quantitative estimate of drug-likeness (QED) is 0.902. The second-order valence-corrected chi connectivity index (χ2v) is 6.52. The number of aryl methyl sites for hydroxylation is 1. The summed E-state index contributed by atoms with van der Waals surface area (Å²) in [5, 5.41) is 10.6. The average Bonchev–Trinajstić information content (AvgIpc) is 3.00. The molecule has 1 aliphatic rings. The van der Waals surface area contributed by atoms with E-state index in [0.29, 0.717) is 6.54 Å². The SMILES string of the molecule is CCCNC(=O)N[C@@H]1CCCc2c1cnn2-c1cccc(C)c1C. The molecular formula is C19H26N4O. The van der Waals surface area contributed by atoms with E-state index in [1.54, 1.807) is 0 Å². The van der Waals surface area contributed by atoms with Crippen LogP contribution in [0.15, 0.2) is 24.4 Å². The number of nitrogens with zero attached hydrogens (tertiary/aromatic N) is 2. The lowest BCUT2D eigenvalue weighted by molar-refractivity contribution is 0.235. The number of carbonyl (C=O) groups is 1. The van der Waals surface area contributed by atoms with Crippen molar-refractivity contribution in [3.63, 3.8) is 0 Å². The van der Waals surface area contributed by atoms with E-state index in [9.17, 15) is 4.79 Å². The van der Waals surface area contributed by atoms with Gasteiger partial charge in [0.2, 0.25) is 0 Å². The fourth-order valence-corrected chi connectivity index (χ4v) is 3.33. The molecule has 1 aromatic heterocycles. The number of nitrogens with one attached hydrogen (secondary N) is 2. The lowest BCUT2D eigenvalue weighted by Gasteiger charge is -2.24. The van der Waals surface area contributed by atoms with Crippen LogP contribution in [0.25, 0.3) is 5.69 Å². The predicted octanol–water partition coefficient (Wildman–Crippen LogP) is 3.58. The first-order chi connectivity index (χ1) is 11.6. The second-order valence-electron chi connectivity index (χ2n) is 6.52. The molecule has 2 aromatic rings. The number of hydrogen-bond acceptors (Lipinski definition) is 2. The van der Waals surface area contributed by atoms with Gasteiger partial charge in [-0.25, -0.2) is 9.48 Å². The number of carbonyl (C=O) groups excluding carboxylic acids is 1. The van der Waals surface area contributed by atoms with Gasteiger partial charge in [-0.1, -0.05) is 19.1 Å². The van der Waals surface area contributed by atoms with E-state index >= 15 is 0 Å². The lowest BCUT2D eigenvalue weighted by atomic mass is 9.93. The molecule has 0 saturated carbocycles.